The lowest BCUT2D eigenvalue weighted by atomic mass is 10.1. The first-order valence-electron chi connectivity index (χ1n) is 7.49. The van der Waals surface area contributed by atoms with Gasteiger partial charge < -0.3 is 5.32 Å². The number of amides is 1. The van der Waals surface area contributed by atoms with Crippen LogP contribution in [0.25, 0.3) is 0 Å². The van der Waals surface area contributed by atoms with Gasteiger partial charge in [-0.15, -0.1) is 10.2 Å². The van der Waals surface area contributed by atoms with Crippen LogP contribution in [0.3, 0.4) is 0 Å². The number of rotatable bonds is 6. The summed E-state index contributed by atoms with van der Waals surface area (Å²) in [5.74, 6) is -0.240. The highest BCUT2D eigenvalue weighted by molar-refractivity contribution is 7.15. The van der Waals surface area contributed by atoms with Crippen molar-refractivity contribution < 1.29 is 9.72 Å². The van der Waals surface area contributed by atoms with Gasteiger partial charge >= 0.3 is 0 Å². The average Bonchev–Trinajstić information content (AvgIpc) is 3.03. The van der Waals surface area contributed by atoms with Gasteiger partial charge in [-0.1, -0.05) is 53.8 Å². The molecule has 8 heteroatoms. The van der Waals surface area contributed by atoms with E-state index in [9.17, 15) is 14.9 Å². The van der Waals surface area contributed by atoms with Crippen molar-refractivity contribution in [2.24, 2.45) is 0 Å². The van der Waals surface area contributed by atoms with Crippen LogP contribution < -0.4 is 5.32 Å². The molecule has 0 unspecified atom stereocenters. The van der Waals surface area contributed by atoms with Crippen LogP contribution in [0, 0.1) is 10.1 Å². The van der Waals surface area contributed by atoms with E-state index in [1.807, 2.05) is 30.3 Å². The lowest BCUT2D eigenvalue weighted by Gasteiger charge is -2.01. The first kappa shape index (κ1) is 16.7. The molecule has 3 aromatic rings. The van der Waals surface area contributed by atoms with Crippen molar-refractivity contribution in [1.82, 2.24) is 10.2 Å². The Labute approximate surface area is 147 Å². The highest BCUT2D eigenvalue weighted by atomic mass is 32.1. The van der Waals surface area contributed by atoms with Crippen molar-refractivity contribution in [2.75, 3.05) is 5.32 Å². The van der Waals surface area contributed by atoms with Gasteiger partial charge in [-0.25, -0.2) is 0 Å². The van der Waals surface area contributed by atoms with Crippen molar-refractivity contribution >= 4 is 28.1 Å². The first-order valence-corrected chi connectivity index (χ1v) is 8.31. The van der Waals surface area contributed by atoms with Gasteiger partial charge in [0, 0.05) is 18.6 Å². The molecule has 7 nitrogen and oxygen atoms in total. The summed E-state index contributed by atoms with van der Waals surface area (Å²) >= 11 is 1.33. The predicted molar refractivity (Wildman–Crippen MR) is 94.6 cm³/mol. The highest BCUT2D eigenvalue weighted by Gasteiger charge is 2.11. The zero-order valence-electron chi connectivity index (χ0n) is 13.1. The van der Waals surface area contributed by atoms with Crippen LogP contribution in [0.1, 0.15) is 16.1 Å². The standard InChI is InChI=1S/C17H14N4O3S/c22-15(10-13-6-8-14(9-7-13)21(23)24)18-17-20-19-16(25-17)11-12-4-2-1-3-5-12/h1-9H,10-11H2,(H,18,20,22). The smallest absolute Gasteiger partial charge is 0.269 e. The van der Waals surface area contributed by atoms with Crippen molar-refractivity contribution in [3.8, 4) is 0 Å². The number of anilines is 1. The summed E-state index contributed by atoms with van der Waals surface area (Å²) in [6.45, 7) is 0. The number of carbonyl (C=O) groups excluding carboxylic acids is 1. The van der Waals surface area contributed by atoms with Crippen LogP contribution in [-0.2, 0) is 17.6 Å². The fraction of sp³-hybridized carbons (Fsp3) is 0.118. The molecule has 0 aliphatic rings. The van der Waals surface area contributed by atoms with Crippen molar-refractivity contribution in [1.29, 1.82) is 0 Å². The van der Waals surface area contributed by atoms with Gasteiger partial charge in [0.1, 0.15) is 5.01 Å². The lowest BCUT2D eigenvalue weighted by Crippen LogP contribution is -2.14. The molecular formula is C17H14N4O3S. The summed E-state index contributed by atoms with van der Waals surface area (Å²) in [5.41, 5.74) is 1.82. The Kier molecular flexibility index (Phi) is 5.10. The third-order valence-corrected chi connectivity index (χ3v) is 4.26. The number of nitrogens with zero attached hydrogens (tertiary/aromatic N) is 3. The number of hydrogen-bond acceptors (Lipinski definition) is 6. The average molecular weight is 354 g/mol. The summed E-state index contributed by atoms with van der Waals surface area (Å²) in [4.78, 5) is 22.2. The van der Waals surface area contributed by atoms with Crippen molar-refractivity contribution in [3.05, 3.63) is 80.8 Å². The number of nitro groups is 1. The van der Waals surface area contributed by atoms with Gasteiger partial charge in [0.25, 0.3) is 5.69 Å². The summed E-state index contributed by atoms with van der Waals surface area (Å²) < 4.78 is 0. The fourth-order valence-corrected chi connectivity index (χ4v) is 3.02. The Morgan fingerprint density at radius 2 is 1.76 bits per heavy atom. The van der Waals surface area contributed by atoms with E-state index in [1.54, 1.807) is 12.1 Å². The molecule has 2 aromatic carbocycles. The van der Waals surface area contributed by atoms with Gasteiger partial charge in [0.2, 0.25) is 11.0 Å². The highest BCUT2D eigenvalue weighted by Crippen LogP contribution is 2.19. The number of carbonyl (C=O) groups is 1. The number of non-ortho nitro benzene ring substituents is 1. The van der Waals surface area contributed by atoms with E-state index in [0.29, 0.717) is 17.1 Å². The molecule has 1 N–H and O–H groups in total. The number of hydrogen-bond donors (Lipinski definition) is 1. The molecule has 3 rings (SSSR count). The number of nitro benzene ring substituents is 1. The second-order valence-corrected chi connectivity index (χ2v) is 6.37. The van der Waals surface area contributed by atoms with E-state index in [0.717, 1.165) is 10.6 Å². The minimum atomic E-state index is -0.473. The molecule has 1 heterocycles. The monoisotopic (exact) mass is 354 g/mol. The third-order valence-electron chi connectivity index (χ3n) is 3.42. The summed E-state index contributed by atoms with van der Waals surface area (Å²) in [7, 11) is 0. The van der Waals surface area contributed by atoms with Gasteiger partial charge in [0.15, 0.2) is 0 Å². The maximum absolute atomic E-state index is 12.1. The molecule has 25 heavy (non-hydrogen) atoms. The van der Waals surface area contributed by atoms with E-state index >= 15 is 0 Å². The zero-order chi connectivity index (χ0) is 17.6. The van der Waals surface area contributed by atoms with Gasteiger partial charge in [-0.05, 0) is 11.1 Å². The van der Waals surface area contributed by atoms with Crippen molar-refractivity contribution in [3.63, 3.8) is 0 Å². The second kappa shape index (κ2) is 7.63. The Hall–Kier alpha value is -3.13. The van der Waals surface area contributed by atoms with E-state index in [2.05, 4.69) is 15.5 Å². The molecule has 0 spiro atoms. The molecule has 1 aromatic heterocycles. The molecule has 0 saturated carbocycles. The molecule has 0 bridgehead atoms. The maximum Gasteiger partial charge on any atom is 0.269 e. The van der Waals surface area contributed by atoms with Crippen LogP contribution in [0.5, 0.6) is 0 Å². The Bertz CT molecular complexity index is 878. The van der Waals surface area contributed by atoms with E-state index in [1.165, 1.54) is 23.5 Å². The lowest BCUT2D eigenvalue weighted by molar-refractivity contribution is -0.384. The molecular weight excluding hydrogens is 340 g/mol. The topological polar surface area (TPSA) is 98.0 Å². The van der Waals surface area contributed by atoms with Crippen LogP contribution in [0.15, 0.2) is 54.6 Å². The number of aromatic nitrogens is 2. The SMILES string of the molecule is O=C(Cc1ccc([N+](=O)[O-])cc1)Nc1nnc(Cc2ccccc2)s1. The molecule has 0 atom stereocenters. The van der Waals surface area contributed by atoms with E-state index in [-0.39, 0.29) is 18.0 Å². The van der Waals surface area contributed by atoms with Crippen LogP contribution >= 0.6 is 11.3 Å². The van der Waals surface area contributed by atoms with Gasteiger partial charge in [0.05, 0.1) is 11.3 Å². The molecule has 1 amide bonds. The maximum atomic E-state index is 12.1. The van der Waals surface area contributed by atoms with Crippen LogP contribution in [0.2, 0.25) is 0 Å². The largest absolute Gasteiger partial charge is 0.300 e. The minimum absolute atomic E-state index is 0.00108. The molecule has 0 saturated heterocycles. The summed E-state index contributed by atoms with van der Waals surface area (Å²) in [5, 5.41) is 22.6. The quantitative estimate of drug-likeness (QED) is 0.541. The molecule has 0 radical (unpaired) electrons. The Balaban J connectivity index is 1.57. The third kappa shape index (κ3) is 4.67. The van der Waals surface area contributed by atoms with E-state index in [4.69, 9.17) is 0 Å². The first-order chi connectivity index (χ1) is 12.1. The Morgan fingerprint density at radius 1 is 1.04 bits per heavy atom. The van der Waals surface area contributed by atoms with E-state index < -0.39 is 4.92 Å². The van der Waals surface area contributed by atoms with Gasteiger partial charge in [-0.2, -0.15) is 0 Å². The zero-order valence-corrected chi connectivity index (χ0v) is 13.9. The second-order valence-electron chi connectivity index (χ2n) is 5.31. The molecule has 0 fully saturated rings. The molecule has 126 valence electrons. The summed E-state index contributed by atoms with van der Waals surface area (Å²) in [6, 6.07) is 15.8. The Morgan fingerprint density at radius 3 is 2.44 bits per heavy atom. The predicted octanol–water partition coefficient (Wildman–Crippen LogP) is 3.22. The fourth-order valence-electron chi connectivity index (χ4n) is 2.23. The normalized spacial score (nSPS) is 10.4. The number of nitrogens with one attached hydrogen (secondary N) is 1. The summed E-state index contributed by atoms with van der Waals surface area (Å²) in [6.07, 6.45) is 0.780. The molecule has 0 aliphatic carbocycles. The number of benzene rings is 2. The van der Waals surface area contributed by atoms with Crippen LogP contribution in [-0.4, -0.2) is 21.0 Å². The van der Waals surface area contributed by atoms with Crippen molar-refractivity contribution in [2.45, 2.75) is 12.8 Å². The van der Waals surface area contributed by atoms with Crippen LogP contribution in [0.4, 0.5) is 10.8 Å². The molecule has 0 aliphatic heterocycles. The minimum Gasteiger partial charge on any atom is -0.300 e. The van der Waals surface area contributed by atoms with Gasteiger partial charge in [-0.3, -0.25) is 14.9 Å².